The van der Waals surface area contributed by atoms with Crippen LogP contribution in [0.4, 0.5) is 0 Å². The van der Waals surface area contributed by atoms with Crippen LogP contribution in [0.2, 0.25) is 0 Å². The fourth-order valence-corrected chi connectivity index (χ4v) is 12.4. The Labute approximate surface area is 376 Å². The standard InChI is InChI=1S/C32H40BrN5O5.C17H17NO2/c1-16(2)12-24-29(40)37-11-7-10-25(37)32(42)38(24)30(41)31(43-32,17(3)4)35-28(39)18-13-20-19-8-6-9-22-26(19)21(27(33)34-22)14-23(20)36(5)15-18;1-18-8-7-10-3-2-4-12-15(10)13(18)9-11-5-6-14(19)17(20)16(11)12/h6,8-9,13,16-18,23-25,34,42H,7,10-12,14-15H2,1-5H3,(H,35,39);2-6,13,19-20H,7-9H2,1H3/t18-,23-,24+,25+,31-,32+;13-/m11/s1. The van der Waals surface area contributed by atoms with Crippen molar-refractivity contribution in [3.05, 3.63) is 87.0 Å². The lowest BCUT2D eigenvalue weighted by Crippen LogP contribution is -2.71. The number of nitrogens with zero attached hydrogens (tertiary/aromatic N) is 4. The Kier molecular flexibility index (Phi) is 10.2. The van der Waals surface area contributed by atoms with Gasteiger partial charge in [-0.3, -0.25) is 33.8 Å². The zero-order chi connectivity index (χ0) is 44.4. The van der Waals surface area contributed by atoms with Gasteiger partial charge in [0, 0.05) is 54.1 Å². The van der Waals surface area contributed by atoms with E-state index in [1.165, 1.54) is 27.0 Å². The van der Waals surface area contributed by atoms with Gasteiger partial charge in [-0.1, -0.05) is 70.2 Å². The van der Waals surface area contributed by atoms with Crippen LogP contribution < -0.4 is 5.32 Å². The van der Waals surface area contributed by atoms with Crippen LogP contribution in [0.3, 0.4) is 0 Å². The van der Waals surface area contributed by atoms with Crippen LogP contribution in [0, 0.1) is 17.8 Å². The van der Waals surface area contributed by atoms with E-state index in [4.69, 9.17) is 4.74 Å². The number of carbonyl (C=O) groups excluding carboxylic acids is 3. The Bertz CT molecular complexity index is 2610. The van der Waals surface area contributed by atoms with Crippen molar-refractivity contribution in [3.8, 4) is 22.6 Å². The zero-order valence-corrected chi connectivity index (χ0v) is 38.3. The van der Waals surface area contributed by atoms with Crippen LogP contribution in [0.5, 0.6) is 11.5 Å². The molecule has 63 heavy (non-hydrogen) atoms. The van der Waals surface area contributed by atoms with E-state index in [9.17, 15) is 29.7 Å². The molecule has 2 aliphatic carbocycles. The predicted molar refractivity (Wildman–Crippen MR) is 242 cm³/mol. The first-order valence-electron chi connectivity index (χ1n) is 22.5. The van der Waals surface area contributed by atoms with Crippen LogP contribution >= 0.6 is 15.9 Å². The number of hydrogen-bond acceptors (Lipinski definition) is 9. The van der Waals surface area contributed by atoms with Crippen LogP contribution in [-0.4, -0.2) is 121 Å². The Morgan fingerprint density at radius 3 is 2.49 bits per heavy atom. The molecule has 5 N–H and O–H groups in total. The van der Waals surface area contributed by atoms with Crippen LogP contribution in [-0.2, 0) is 38.4 Å². The van der Waals surface area contributed by atoms with E-state index in [-0.39, 0.29) is 35.3 Å². The number of aromatic hydroxyl groups is 2. The largest absolute Gasteiger partial charge is 0.504 e. The summed E-state index contributed by atoms with van der Waals surface area (Å²) in [5.41, 5.74) is 8.38. The van der Waals surface area contributed by atoms with E-state index in [1.54, 1.807) is 24.8 Å². The van der Waals surface area contributed by atoms with Crippen molar-refractivity contribution in [1.82, 2.24) is 29.9 Å². The van der Waals surface area contributed by atoms with Gasteiger partial charge in [0.05, 0.1) is 10.5 Å². The number of halogens is 1. The summed E-state index contributed by atoms with van der Waals surface area (Å²) in [5.74, 6) is -4.04. The van der Waals surface area contributed by atoms with E-state index in [0.717, 1.165) is 70.2 Å². The number of piperazine rings is 1. The van der Waals surface area contributed by atoms with Crippen molar-refractivity contribution in [2.45, 2.75) is 102 Å². The predicted octanol–water partition coefficient (Wildman–Crippen LogP) is 6.04. The third kappa shape index (κ3) is 6.33. The second kappa shape index (κ2) is 15.2. The molecule has 332 valence electrons. The highest BCUT2D eigenvalue weighted by atomic mass is 79.9. The second-order valence-electron chi connectivity index (χ2n) is 19.5. The molecule has 13 nitrogen and oxygen atoms in total. The quantitative estimate of drug-likeness (QED) is 0.150. The van der Waals surface area contributed by atoms with Crippen molar-refractivity contribution < 1.29 is 34.4 Å². The maximum atomic E-state index is 14.4. The summed E-state index contributed by atoms with van der Waals surface area (Å²) >= 11 is 3.70. The van der Waals surface area contributed by atoms with Crippen molar-refractivity contribution in [1.29, 1.82) is 0 Å². The topological polar surface area (TPSA) is 162 Å². The molecule has 0 unspecified atom stereocenters. The Hall–Kier alpha value is -4.73. The average Bonchev–Trinajstić information content (AvgIpc) is 3.94. The molecule has 6 heterocycles. The number of nitrogens with one attached hydrogen (secondary N) is 2. The molecule has 3 amide bonds. The van der Waals surface area contributed by atoms with E-state index >= 15 is 0 Å². The highest BCUT2D eigenvalue weighted by molar-refractivity contribution is 9.10. The number of hydrogen-bond donors (Lipinski definition) is 5. The summed E-state index contributed by atoms with van der Waals surface area (Å²) in [4.78, 5) is 53.2. The maximum Gasteiger partial charge on any atom is 0.281 e. The van der Waals surface area contributed by atoms with Crippen molar-refractivity contribution >= 4 is 50.1 Å². The van der Waals surface area contributed by atoms with E-state index in [1.807, 2.05) is 39.1 Å². The van der Waals surface area contributed by atoms with Gasteiger partial charge in [0.15, 0.2) is 11.5 Å². The molecule has 11 rings (SSSR count). The molecule has 14 heteroatoms. The minimum absolute atomic E-state index is 0.0163. The fraction of sp³-hybridized carbons (Fsp3) is 0.490. The molecule has 0 radical (unpaired) electrons. The molecule has 0 bridgehead atoms. The first kappa shape index (κ1) is 42.2. The number of likely N-dealkylation sites (N-methyl/N-ethyl adjacent to an activating group) is 2. The molecule has 3 aromatic carbocycles. The van der Waals surface area contributed by atoms with Gasteiger partial charge in [-0.25, -0.2) is 0 Å². The van der Waals surface area contributed by atoms with Crippen LogP contribution in [0.15, 0.2) is 59.2 Å². The number of phenolic OH excluding ortho intramolecular Hbond substituents is 2. The second-order valence-corrected chi connectivity index (χ2v) is 20.3. The summed E-state index contributed by atoms with van der Waals surface area (Å²) in [6.07, 6.45) is 6.43. The Morgan fingerprint density at radius 2 is 1.73 bits per heavy atom. The van der Waals surface area contributed by atoms with Crippen LogP contribution in [0.1, 0.15) is 80.8 Å². The van der Waals surface area contributed by atoms with Gasteiger partial charge < -0.3 is 30.5 Å². The van der Waals surface area contributed by atoms with Gasteiger partial charge in [-0.2, -0.15) is 0 Å². The van der Waals surface area contributed by atoms with Gasteiger partial charge in [-0.15, -0.1) is 0 Å². The monoisotopic (exact) mass is 920 g/mol. The van der Waals surface area contributed by atoms with Crippen LogP contribution in [0.25, 0.3) is 27.6 Å². The van der Waals surface area contributed by atoms with Crippen molar-refractivity contribution in [2.24, 2.45) is 17.8 Å². The van der Waals surface area contributed by atoms with E-state index in [2.05, 4.69) is 73.4 Å². The highest BCUT2D eigenvalue weighted by Crippen LogP contribution is 2.51. The molecule has 3 fully saturated rings. The number of rotatable bonds is 5. The lowest BCUT2D eigenvalue weighted by Gasteiger charge is -2.49. The summed E-state index contributed by atoms with van der Waals surface area (Å²) < 4.78 is 7.43. The van der Waals surface area contributed by atoms with Gasteiger partial charge in [-0.05, 0) is 126 Å². The van der Waals surface area contributed by atoms with E-state index < -0.39 is 41.5 Å². The maximum absolute atomic E-state index is 14.4. The normalized spacial score (nSPS) is 29.5. The SMILES string of the molecule is CC(C)C[C@H]1C(=O)N2CCC[C@H]2[C@]2(O)O[C@](NC(=O)[C@@H]3C=C4c5cccc6[nH]c(Br)c(c56)C[C@H]4N(C)C3)(C(C)C)C(=O)N12.CN1CCc2cccc3c2[C@H]1Cc1ccc(O)c(O)c1-3. The first-order valence-corrected chi connectivity index (χ1v) is 23.3. The van der Waals surface area contributed by atoms with Gasteiger partial charge in [0.25, 0.3) is 11.8 Å². The molecule has 4 aromatic rings. The molecular formula is C49H57BrN6O7. The smallest absolute Gasteiger partial charge is 0.281 e. The highest BCUT2D eigenvalue weighted by Gasteiger charge is 2.72. The number of carbonyl (C=O) groups is 3. The molecule has 0 spiro atoms. The van der Waals surface area contributed by atoms with E-state index in [0.29, 0.717) is 32.0 Å². The molecule has 7 atom stereocenters. The lowest BCUT2D eigenvalue weighted by molar-refractivity contribution is -0.322. The number of amides is 3. The number of benzene rings is 3. The minimum Gasteiger partial charge on any atom is -0.504 e. The number of phenols is 2. The van der Waals surface area contributed by atoms with Gasteiger partial charge >= 0.3 is 0 Å². The molecule has 0 saturated carbocycles. The number of aromatic amines is 1. The number of aliphatic hydroxyl groups is 1. The fourth-order valence-electron chi connectivity index (χ4n) is 11.8. The van der Waals surface area contributed by atoms with Gasteiger partial charge in [0.1, 0.15) is 12.1 Å². The number of fused-ring (bicyclic) bond motifs is 7. The average molecular weight is 922 g/mol. The molecule has 3 saturated heterocycles. The molecule has 1 aromatic heterocycles. The number of H-pyrrole nitrogens is 1. The first-order chi connectivity index (χ1) is 30.0. The van der Waals surface area contributed by atoms with Gasteiger partial charge in [0.2, 0.25) is 17.5 Å². The molecular weight excluding hydrogens is 864 g/mol. The molecule has 7 aliphatic rings. The summed E-state index contributed by atoms with van der Waals surface area (Å²) in [5, 5.41) is 36.4. The lowest BCUT2D eigenvalue weighted by atomic mass is 9.77. The Balaban J connectivity index is 0.000000195. The number of aromatic nitrogens is 1. The Morgan fingerprint density at radius 1 is 0.968 bits per heavy atom. The zero-order valence-electron chi connectivity index (χ0n) is 36.7. The third-order valence-electron chi connectivity index (χ3n) is 15.0. The number of ether oxygens (including phenoxy) is 1. The van der Waals surface area contributed by atoms with Crippen molar-refractivity contribution in [3.63, 3.8) is 0 Å². The summed E-state index contributed by atoms with van der Waals surface area (Å²) in [6, 6.07) is 15.0. The summed E-state index contributed by atoms with van der Waals surface area (Å²) in [6.45, 7) is 9.64. The third-order valence-corrected chi connectivity index (χ3v) is 15.7. The molecule has 5 aliphatic heterocycles. The minimum atomic E-state index is -2.01. The summed E-state index contributed by atoms with van der Waals surface area (Å²) in [7, 11) is 4.19. The van der Waals surface area contributed by atoms with Crippen molar-refractivity contribution in [2.75, 3.05) is 33.7 Å².